The average Bonchev–Trinajstić information content (AvgIpc) is 2.39. The Morgan fingerprint density at radius 1 is 1.29 bits per heavy atom. The van der Waals surface area contributed by atoms with Gasteiger partial charge in [0.15, 0.2) is 0 Å². The van der Waals surface area contributed by atoms with Crippen LogP contribution in [-0.4, -0.2) is 12.1 Å². The van der Waals surface area contributed by atoms with Gasteiger partial charge < -0.3 is 4.74 Å². The molecule has 1 heterocycles. The molecule has 0 radical (unpaired) electrons. The number of hydrogen-bond acceptors (Lipinski definition) is 3. The van der Waals surface area contributed by atoms with Gasteiger partial charge in [0.2, 0.25) is 0 Å². The van der Waals surface area contributed by atoms with Crippen molar-refractivity contribution in [2.75, 3.05) is 7.11 Å². The second-order valence-electron chi connectivity index (χ2n) is 3.38. The number of nitrogens with zero attached hydrogens (tertiary/aromatic N) is 2. The molecule has 1 aromatic heterocycles. The van der Waals surface area contributed by atoms with Crippen LogP contribution in [0.4, 0.5) is 4.39 Å². The molecular formula is C13H9FN2O. The van der Waals surface area contributed by atoms with Crippen LogP contribution in [0.25, 0.3) is 11.1 Å². The molecule has 84 valence electrons. The predicted molar refractivity (Wildman–Crippen MR) is 60.9 cm³/mol. The van der Waals surface area contributed by atoms with E-state index in [-0.39, 0.29) is 0 Å². The molecule has 1 aromatic carbocycles. The molecule has 0 fully saturated rings. The Bertz CT molecular complexity index is 590. The number of pyridine rings is 1. The summed E-state index contributed by atoms with van der Waals surface area (Å²) >= 11 is 0. The number of ether oxygens (including phenoxy) is 1. The summed E-state index contributed by atoms with van der Waals surface area (Å²) in [6, 6.07) is 7.80. The molecule has 0 bridgehead atoms. The number of nitriles is 1. The van der Waals surface area contributed by atoms with E-state index in [4.69, 9.17) is 10.00 Å². The Labute approximate surface area is 98.1 Å². The fraction of sp³-hybridized carbons (Fsp3) is 0.0769. The lowest BCUT2D eigenvalue weighted by molar-refractivity contribution is 0.415. The summed E-state index contributed by atoms with van der Waals surface area (Å²) in [5, 5.41) is 8.81. The van der Waals surface area contributed by atoms with Crippen molar-refractivity contribution in [3.05, 3.63) is 48.0 Å². The van der Waals surface area contributed by atoms with Crippen molar-refractivity contribution >= 4 is 0 Å². The number of rotatable bonds is 2. The summed E-state index contributed by atoms with van der Waals surface area (Å²) in [6.45, 7) is 0. The molecule has 0 N–H and O–H groups in total. The van der Waals surface area contributed by atoms with Crippen molar-refractivity contribution in [1.82, 2.24) is 4.98 Å². The van der Waals surface area contributed by atoms with Crippen LogP contribution in [0.15, 0.2) is 36.7 Å². The average molecular weight is 228 g/mol. The molecule has 0 amide bonds. The highest BCUT2D eigenvalue weighted by Gasteiger charge is 2.11. The van der Waals surface area contributed by atoms with Gasteiger partial charge in [-0.3, -0.25) is 4.98 Å². The van der Waals surface area contributed by atoms with Crippen LogP contribution < -0.4 is 4.74 Å². The highest BCUT2D eigenvalue weighted by Crippen LogP contribution is 2.31. The van der Waals surface area contributed by atoms with Crippen molar-refractivity contribution in [1.29, 1.82) is 5.26 Å². The molecule has 4 heteroatoms. The van der Waals surface area contributed by atoms with E-state index in [1.807, 2.05) is 6.07 Å². The third-order valence-corrected chi connectivity index (χ3v) is 2.39. The van der Waals surface area contributed by atoms with Crippen LogP contribution >= 0.6 is 0 Å². The molecule has 2 rings (SSSR count). The summed E-state index contributed by atoms with van der Waals surface area (Å²) in [5.74, 6) is 0.115. The normalized spacial score (nSPS) is 9.71. The molecule has 0 saturated heterocycles. The predicted octanol–water partition coefficient (Wildman–Crippen LogP) is 2.77. The minimum atomic E-state index is -0.407. The van der Waals surface area contributed by atoms with Crippen LogP contribution in [0.3, 0.4) is 0 Å². The largest absolute Gasteiger partial charge is 0.496 e. The SMILES string of the molecule is COc1ccncc1-c1cc(C#N)ccc1F. The molecule has 0 aliphatic carbocycles. The van der Waals surface area contributed by atoms with E-state index in [2.05, 4.69) is 4.98 Å². The highest BCUT2D eigenvalue weighted by molar-refractivity contribution is 5.71. The summed E-state index contributed by atoms with van der Waals surface area (Å²) in [4.78, 5) is 3.94. The lowest BCUT2D eigenvalue weighted by Gasteiger charge is -2.08. The van der Waals surface area contributed by atoms with Gasteiger partial charge in [-0.25, -0.2) is 4.39 Å². The number of benzene rings is 1. The van der Waals surface area contributed by atoms with E-state index in [0.717, 1.165) is 0 Å². The van der Waals surface area contributed by atoms with Crippen molar-refractivity contribution in [3.8, 4) is 22.9 Å². The second kappa shape index (κ2) is 4.62. The quantitative estimate of drug-likeness (QED) is 0.793. The zero-order chi connectivity index (χ0) is 12.3. The highest BCUT2D eigenvalue weighted by atomic mass is 19.1. The van der Waals surface area contributed by atoms with Crippen LogP contribution in [0, 0.1) is 17.1 Å². The summed E-state index contributed by atoms with van der Waals surface area (Å²) in [7, 11) is 1.50. The van der Waals surface area contributed by atoms with Gasteiger partial charge in [-0.1, -0.05) is 0 Å². The maximum absolute atomic E-state index is 13.7. The molecule has 0 aliphatic heterocycles. The Balaban J connectivity index is 2.64. The van der Waals surface area contributed by atoms with Crippen LogP contribution in [-0.2, 0) is 0 Å². The topological polar surface area (TPSA) is 45.9 Å². The van der Waals surface area contributed by atoms with E-state index in [1.54, 1.807) is 12.3 Å². The smallest absolute Gasteiger partial charge is 0.131 e. The van der Waals surface area contributed by atoms with E-state index in [0.29, 0.717) is 22.4 Å². The maximum atomic E-state index is 13.7. The molecule has 0 saturated carbocycles. The summed E-state index contributed by atoms with van der Waals surface area (Å²) in [6.07, 6.45) is 3.08. The minimum Gasteiger partial charge on any atom is -0.496 e. The van der Waals surface area contributed by atoms with Gasteiger partial charge in [-0.15, -0.1) is 0 Å². The van der Waals surface area contributed by atoms with Gasteiger partial charge in [-0.05, 0) is 24.3 Å². The third-order valence-electron chi connectivity index (χ3n) is 2.39. The van der Waals surface area contributed by atoms with Crippen LogP contribution in [0.2, 0.25) is 0 Å². The number of halogens is 1. The molecular weight excluding hydrogens is 219 g/mol. The number of methoxy groups -OCH3 is 1. The first-order valence-corrected chi connectivity index (χ1v) is 4.94. The molecule has 0 aliphatic rings. The molecule has 3 nitrogen and oxygen atoms in total. The van der Waals surface area contributed by atoms with Gasteiger partial charge >= 0.3 is 0 Å². The van der Waals surface area contributed by atoms with Crippen molar-refractivity contribution < 1.29 is 9.13 Å². The van der Waals surface area contributed by atoms with Crippen molar-refractivity contribution in [3.63, 3.8) is 0 Å². The van der Waals surface area contributed by atoms with Crippen LogP contribution in [0.5, 0.6) is 5.75 Å². The van der Waals surface area contributed by atoms with Gasteiger partial charge in [0.1, 0.15) is 11.6 Å². The third kappa shape index (κ3) is 2.08. The zero-order valence-electron chi connectivity index (χ0n) is 9.14. The van der Waals surface area contributed by atoms with Crippen molar-refractivity contribution in [2.24, 2.45) is 0 Å². The fourth-order valence-corrected chi connectivity index (χ4v) is 1.56. The van der Waals surface area contributed by atoms with E-state index in [9.17, 15) is 4.39 Å². The van der Waals surface area contributed by atoms with E-state index >= 15 is 0 Å². The van der Waals surface area contributed by atoms with Gasteiger partial charge in [-0.2, -0.15) is 5.26 Å². The molecule has 17 heavy (non-hydrogen) atoms. The Hall–Kier alpha value is -2.41. The number of hydrogen-bond donors (Lipinski definition) is 0. The van der Waals surface area contributed by atoms with E-state index in [1.165, 1.54) is 31.5 Å². The summed E-state index contributed by atoms with van der Waals surface area (Å²) in [5.41, 5.74) is 1.24. The maximum Gasteiger partial charge on any atom is 0.131 e. The molecule has 0 unspecified atom stereocenters. The molecule has 2 aromatic rings. The lowest BCUT2D eigenvalue weighted by Crippen LogP contribution is -1.92. The standard InChI is InChI=1S/C13H9FN2O/c1-17-13-4-5-16-8-11(13)10-6-9(7-15)2-3-12(10)14/h2-6,8H,1H3. The van der Waals surface area contributed by atoms with E-state index < -0.39 is 5.82 Å². The van der Waals surface area contributed by atoms with Gasteiger partial charge in [0.25, 0.3) is 0 Å². The monoisotopic (exact) mass is 228 g/mol. The summed E-state index contributed by atoms with van der Waals surface area (Å²) < 4.78 is 18.9. The first-order chi connectivity index (χ1) is 8.26. The van der Waals surface area contributed by atoms with Gasteiger partial charge in [0, 0.05) is 23.5 Å². The lowest BCUT2D eigenvalue weighted by atomic mass is 10.0. The Morgan fingerprint density at radius 3 is 2.82 bits per heavy atom. The number of aromatic nitrogens is 1. The first kappa shape index (κ1) is 11.1. The minimum absolute atomic E-state index is 0.314. The Kier molecular flexibility index (Phi) is 3.01. The van der Waals surface area contributed by atoms with Gasteiger partial charge in [0.05, 0.1) is 18.7 Å². The van der Waals surface area contributed by atoms with Crippen molar-refractivity contribution in [2.45, 2.75) is 0 Å². The molecule has 0 spiro atoms. The first-order valence-electron chi connectivity index (χ1n) is 4.94. The zero-order valence-corrected chi connectivity index (χ0v) is 9.14. The van der Waals surface area contributed by atoms with Crippen LogP contribution in [0.1, 0.15) is 5.56 Å². The fourth-order valence-electron chi connectivity index (χ4n) is 1.56. The second-order valence-corrected chi connectivity index (χ2v) is 3.38. The molecule has 0 atom stereocenters. The Morgan fingerprint density at radius 2 is 2.12 bits per heavy atom.